The Balaban J connectivity index is 1.74. The first-order valence-electron chi connectivity index (χ1n) is 8.95. The number of benzene rings is 2. The molecule has 0 aliphatic heterocycles. The SMILES string of the molecule is CCN(c1ccccc1)S(=O)(=O)c1ccc(NCc2cccc(OC)c2)nc1. The monoisotopic (exact) mass is 397 g/mol. The number of hydrogen-bond donors (Lipinski definition) is 1. The van der Waals surface area contributed by atoms with Gasteiger partial charge in [0, 0.05) is 19.3 Å². The minimum Gasteiger partial charge on any atom is -0.497 e. The van der Waals surface area contributed by atoms with Gasteiger partial charge in [0.15, 0.2) is 0 Å². The normalized spacial score (nSPS) is 11.1. The first-order chi connectivity index (χ1) is 13.5. The van der Waals surface area contributed by atoms with Gasteiger partial charge in [-0.15, -0.1) is 0 Å². The number of para-hydroxylation sites is 1. The van der Waals surface area contributed by atoms with Crippen LogP contribution in [-0.2, 0) is 16.6 Å². The Morgan fingerprint density at radius 1 is 1.04 bits per heavy atom. The second-order valence-electron chi connectivity index (χ2n) is 6.09. The molecule has 3 rings (SSSR count). The number of pyridine rings is 1. The zero-order chi connectivity index (χ0) is 20.0. The molecule has 1 heterocycles. The van der Waals surface area contributed by atoms with E-state index in [-0.39, 0.29) is 4.90 Å². The molecule has 0 bridgehead atoms. The quantitative estimate of drug-likeness (QED) is 0.624. The number of methoxy groups -OCH3 is 1. The molecule has 28 heavy (non-hydrogen) atoms. The average Bonchev–Trinajstić information content (AvgIpc) is 2.74. The summed E-state index contributed by atoms with van der Waals surface area (Å²) in [5, 5.41) is 3.19. The van der Waals surface area contributed by atoms with Gasteiger partial charge >= 0.3 is 0 Å². The lowest BCUT2D eigenvalue weighted by Crippen LogP contribution is -2.30. The fraction of sp³-hybridized carbons (Fsp3) is 0.190. The molecule has 3 aromatic rings. The van der Waals surface area contributed by atoms with Gasteiger partial charge in [-0.3, -0.25) is 4.31 Å². The maximum absolute atomic E-state index is 13.0. The molecular formula is C21H23N3O3S. The number of sulfonamides is 1. The molecule has 0 atom stereocenters. The highest BCUT2D eigenvalue weighted by Crippen LogP contribution is 2.23. The predicted octanol–water partition coefficient (Wildman–Crippen LogP) is 3.92. The number of nitrogens with zero attached hydrogens (tertiary/aromatic N) is 2. The molecule has 0 spiro atoms. The van der Waals surface area contributed by atoms with E-state index in [1.54, 1.807) is 31.4 Å². The van der Waals surface area contributed by atoms with Gasteiger partial charge in [0.1, 0.15) is 16.5 Å². The fourth-order valence-corrected chi connectivity index (χ4v) is 4.24. The first kappa shape index (κ1) is 19.7. The van der Waals surface area contributed by atoms with E-state index in [0.717, 1.165) is 11.3 Å². The lowest BCUT2D eigenvalue weighted by molar-refractivity contribution is 0.414. The summed E-state index contributed by atoms with van der Waals surface area (Å²) >= 11 is 0. The van der Waals surface area contributed by atoms with Crippen molar-refractivity contribution in [3.63, 3.8) is 0 Å². The van der Waals surface area contributed by atoms with Crippen LogP contribution in [0, 0.1) is 0 Å². The van der Waals surface area contributed by atoms with E-state index in [9.17, 15) is 8.42 Å². The summed E-state index contributed by atoms with van der Waals surface area (Å²) in [4.78, 5) is 4.42. The summed E-state index contributed by atoms with van der Waals surface area (Å²) in [7, 11) is -2.04. The Morgan fingerprint density at radius 2 is 1.82 bits per heavy atom. The molecular weight excluding hydrogens is 374 g/mol. The second kappa shape index (κ2) is 8.75. The Bertz CT molecular complexity index is 1010. The number of aromatic nitrogens is 1. The molecule has 1 N–H and O–H groups in total. The summed E-state index contributed by atoms with van der Waals surface area (Å²) in [5.74, 6) is 1.39. The van der Waals surface area contributed by atoms with Crippen molar-refractivity contribution in [2.24, 2.45) is 0 Å². The highest BCUT2D eigenvalue weighted by Gasteiger charge is 2.23. The van der Waals surface area contributed by atoms with E-state index in [2.05, 4.69) is 10.3 Å². The molecule has 0 radical (unpaired) electrons. The number of rotatable bonds is 8. The van der Waals surface area contributed by atoms with Crippen molar-refractivity contribution < 1.29 is 13.2 Å². The summed E-state index contributed by atoms with van der Waals surface area (Å²) in [6, 6.07) is 20.0. The molecule has 0 fully saturated rings. The lowest BCUT2D eigenvalue weighted by atomic mass is 10.2. The zero-order valence-electron chi connectivity index (χ0n) is 15.9. The zero-order valence-corrected chi connectivity index (χ0v) is 16.7. The lowest BCUT2D eigenvalue weighted by Gasteiger charge is -2.22. The van der Waals surface area contributed by atoms with E-state index in [0.29, 0.717) is 24.6 Å². The van der Waals surface area contributed by atoms with Crippen LogP contribution in [0.25, 0.3) is 0 Å². The molecule has 0 aliphatic rings. The van der Waals surface area contributed by atoms with Crippen molar-refractivity contribution in [2.45, 2.75) is 18.4 Å². The van der Waals surface area contributed by atoms with Crippen molar-refractivity contribution in [2.75, 3.05) is 23.3 Å². The van der Waals surface area contributed by atoms with Gasteiger partial charge in [-0.1, -0.05) is 30.3 Å². The van der Waals surface area contributed by atoms with Gasteiger partial charge in [-0.2, -0.15) is 0 Å². The molecule has 0 aliphatic carbocycles. The van der Waals surface area contributed by atoms with E-state index in [1.807, 2.05) is 49.4 Å². The van der Waals surface area contributed by atoms with Crippen LogP contribution in [0.1, 0.15) is 12.5 Å². The second-order valence-corrected chi connectivity index (χ2v) is 7.95. The molecule has 2 aromatic carbocycles. The predicted molar refractivity (Wildman–Crippen MR) is 111 cm³/mol. The standard InChI is InChI=1S/C21H23N3O3S/c1-3-24(18-9-5-4-6-10-18)28(25,26)20-12-13-21(23-16-20)22-15-17-8-7-11-19(14-17)27-2/h4-14,16H,3,15H2,1-2H3,(H,22,23). The summed E-state index contributed by atoms with van der Waals surface area (Å²) in [6.45, 7) is 2.70. The van der Waals surface area contributed by atoms with Crippen molar-refractivity contribution in [1.29, 1.82) is 0 Å². The van der Waals surface area contributed by atoms with Gasteiger partial charge in [0.05, 0.1) is 12.8 Å². The highest BCUT2D eigenvalue weighted by atomic mass is 32.2. The van der Waals surface area contributed by atoms with E-state index < -0.39 is 10.0 Å². The van der Waals surface area contributed by atoms with Crippen LogP contribution in [0.2, 0.25) is 0 Å². The van der Waals surface area contributed by atoms with Gasteiger partial charge in [0.2, 0.25) is 0 Å². The van der Waals surface area contributed by atoms with E-state index in [4.69, 9.17) is 4.74 Å². The minimum atomic E-state index is -3.67. The topological polar surface area (TPSA) is 71.5 Å². The van der Waals surface area contributed by atoms with Crippen LogP contribution in [0.3, 0.4) is 0 Å². The van der Waals surface area contributed by atoms with Crippen LogP contribution in [0.15, 0.2) is 77.8 Å². The van der Waals surface area contributed by atoms with Crippen LogP contribution in [-0.4, -0.2) is 27.1 Å². The Kier molecular flexibility index (Phi) is 6.16. The third kappa shape index (κ3) is 4.43. The molecule has 7 heteroatoms. The van der Waals surface area contributed by atoms with Gasteiger partial charge in [0.25, 0.3) is 10.0 Å². The third-order valence-corrected chi connectivity index (χ3v) is 6.15. The van der Waals surface area contributed by atoms with Crippen LogP contribution in [0.4, 0.5) is 11.5 Å². The highest BCUT2D eigenvalue weighted by molar-refractivity contribution is 7.92. The molecule has 0 saturated heterocycles. The number of anilines is 2. The Hall–Kier alpha value is -3.06. The largest absolute Gasteiger partial charge is 0.497 e. The smallest absolute Gasteiger partial charge is 0.265 e. The van der Waals surface area contributed by atoms with E-state index >= 15 is 0 Å². The Labute approximate surface area is 165 Å². The first-order valence-corrected chi connectivity index (χ1v) is 10.4. The van der Waals surface area contributed by atoms with E-state index in [1.165, 1.54) is 10.5 Å². The average molecular weight is 398 g/mol. The van der Waals surface area contributed by atoms with Gasteiger partial charge < -0.3 is 10.1 Å². The summed E-state index contributed by atoms with van der Waals surface area (Å²) < 4.78 is 32.5. The maximum atomic E-state index is 13.0. The molecule has 0 unspecified atom stereocenters. The van der Waals surface area contributed by atoms with Gasteiger partial charge in [-0.05, 0) is 48.9 Å². The van der Waals surface area contributed by atoms with Crippen LogP contribution in [0.5, 0.6) is 5.75 Å². The molecule has 0 amide bonds. The Morgan fingerprint density at radius 3 is 2.46 bits per heavy atom. The molecule has 6 nitrogen and oxygen atoms in total. The summed E-state index contributed by atoms with van der Waals surface area (Å²) in [6.07, 6.45) is 1.38. The number of ether oxygens (including phenoxy) is 1. The molecule has 146 valence electrons. The minimum absolute atomic E-state index is 0.158. The molecule has 1 aromatic heterocycles. The van der Waals surface area contributed by atoms with Crippen molar-refractivity contribution >= 4 is 21.5 Å². The van der Waals surface area contributed by atoms with Crippen molar-refractivity contribution in [3.8, 4) is 5.75 Å². The van der Waals surface area contributed by atoms with Crippen molar-refractivity contribution in [1.82, 2.24) is 4.98 Å². The van der Waals surface area contributed by atoms with Crippen molar-refractivity contribution in [3.05, 3.63) is 78.5 Å². The number of nitrogens with one attached hydrogen (secondary N) is 1. The summed E-state index contributed by atoms with van der Waals surface area (Å²) in [5.41, 5.74) is 1.67. The van der Waals surface area contributed by atoms with Gasteiger partial charge in [-0.25, -0.2) is 13.4 Å². The molecule has 0 saturated carbocycles. The maximum Gasteiger partial charge on any atom is 0.265 e. The fourth-order valence-electron chi connectivity index (χ4n) is 2.83. The van der Waals surface area contributed by atoms with Crippen LogP contribution >= 0.6 is 0 Å². The van der Waals surface area contributed by atoms with Crippen LogP contribution < -0.4 is 14.4 Å². The third-order valence-electron chi connectivity index (χ3n) is 4.26. The number of hydrogen-bond acceptors (Lipinski definition) is 5.